The fourth-order valence-corrected chi connectivity index (χ4v) is 5.27. The monoisotopic (exact) mass is 428 g/mol. The van der Waals surface area contributed by atoms with Crippen LogP contribution in [0.25, 0.3) is 0 Å². The van der Waals surface area contributed by atoms with Crippen LogP contribution in [0.15, 0.2) is 11.1 Å². The quantitative estimate of drug-likeness (QED) is 0.396. The van der Waals surface area contributed by atoms with Gasteiger partial charge in [0.05, 0.1) is 17.8 Å². The predicted molar refractivity (Wildman–Crippen MR) is 98.9 cm³/mol. The minimum Gasteiger partial charge on any atom is -0.458 e. The molecule has 0 bridgehead atoms. The summed E-state index contributed by atoms with van der Waals surface area (Å²) in [6, 6.07) is 0. The van der Waals surface area contributed by atoms with Crippen LogP contribution in [0.2, 0.25) is 0 Å². The summed E-state index contributed by atoms with van der Waals surface area (Å²) >= 11 is 0. The third-order valence-corrected chi connectivity index (χ3v) is 6.54. The number of hydrogen-bond acceptors (Lipinski definition) is 10. The van der Waals surface area contributed by atoms with Gasteiger partial charge in [-0.25, -0.2) is 4.79 Å². The Morgan fingerprint density at radius 1 is 1.17 bits per heavy atom. The number of esters is 3. The van der Waals surface area contributed by atoms with Gasteiger partial charge in [0.25, 0.3) is 0 Å². The summed E-state index contributed by atoms with van der Waals surface area (Å²) in [4.78, 5) is 36.6. The van der Waals surface area contributed by atoms with Crippen molar-refractivity contribution in [3.8, 4) is 0 Å². The fraction of sp³-hybridized carbons (Fsp3) is 0.750. The van der Waals surface area contributed by atoms with Crippen LogP contribution in [0.5, 0.6) is 0 Å². The lowest BCUT2D eigenvalue weighted by Crippen LogP contribution is -2.81. The Balaban J connectivity index is 2.34. The SMILES string of the molecule is COCC1=C2[C@@H](OC(C)=O)C[C@@](C)(OC(C)=O)[C@@]3(O)CC[C@@](C)(O)[C@H](O)[C@]23OC1=O. The average molecular weight is 428 g/mol. The number of aliphatic hydroxyl groups excluding tert-OH is 1. The lowest BCUT2D eigenvalue weighted by atomic mass is 9.51. The molecule has 10 heteroatoms. The molecule has 168 valence electrons. The molecule has 2 saturated carbocycles. The third-order valence-electron chi connectivity index (χ3n) is 6.54. The second-order valence-corrected chi connectivity index (χ2v) is 8.70. The van der Waals surface area contributed by atoms with E-state index in [4.69, 9.17) is 18.9 Å². The average Bonchev–Trinajstić information content (AvgIpc) is 2.89. The van der Waals surface area contributed by atoms with Crippen molar-refractivity contribution in [1.82, 2.24) is 0 Å². The minimum absolute atomic E-state index is 0.0177. The van der Waals surface area contributed by atoms with E-state index in [2.05, 4.69) is 0 Å². The molecule has 0 saturated heterocycles. The Kier molecular flexibility index (Phi) is 5.30. The Labute approximate surface area is 173 Å². The standard InChI is InChI=1S/C20H28O10/c1-10(21)28-13-8-18(4,29-11(2)22)19(26)7-6-17(3,25)16(24)20(19)14(13)12(9-27-5)15(23)30-20/h13,16,24-26H,6-9H2,1-5H3/t13-,16-,17+,18+,19-,20+/m0/s1. The molecule has 0 aromatic carbocycles. The topological polar surface area (TPSA) is 149 Å². The number of aliphatic hydroxyl groups is 3. The van der Waals surface area contributed by atoms with Crippen LogP contribution in [-0.2, 0) is 33.3 Å². The molecule has 6 atom stereocenters. The van der Waals surface area contributed by atoms with Crippen molar-refractivity contribution in [3.63, 3.8) is 0 Å². The van der Waals surface area contributed by atoms with E-state index >= 15 is 0 Å². The first kappa shape index (κ1) is 22.7. The highest BCUT2D eigenvalue weighted by Gasteiger charge is 2.80. The third kappa shape index (κ3) is 2.89. The van der Waals surface area contributed by atoms with Gasteiger partial charge in [-0.15, -0.1) is 0 Å². The van der Waals surface area contributed by atoms with Gasteiger partial charge in [0, 0.05) is 33.0 Å². The fourth-order valence-electron chi connectivity index (χ4n) is 5.27. The van der Waals surface area contributed by atoms with Crippen LogP contribution in [0.4, 0.5) is 0 Å². The van der Waals surface area contributed by atoms with Gasteiger partial charge in [-0.05, 0) is 26.7 Å². The molecule has 0 aromatic rings. The van der Waals surface area contributed by atoms with Crippen LogP contribution in [-0.4, -0.2) is 81.6 Å². The maximum atomic E-state index is 12.8. The molecule has 0 amide bonds. The van der Waals surface area contributed by atoms with E-state index in [-0.39, 0.29) is 37.0 Å². The minimum atomic E-state index is -2.21. The van der Waals surface area contributed by atoms with Gasteiger partial charge >= 0.3 is 17.9 Å². The number of rotatable bonds is 4. The molecular weight excluding hydrogens is 400 g/mol. The summed E-state index contributed by atoms with van der Waals surface area (Å²) in [5, 5.41) is 34.0. The van der Waals surface area contributed by atoms with E-state index in [1.54, 1.807) is 0 Å². The summed E-state index contributed by atoms with van der Waals surface area (Å²) in [6.45, 7) is 4.86. The molecule has 1 spiro atoms. The molecule has 2 aliphatic carbocycles. The molecule has 0 aromatic heterocycles. The number of carbonyl (C=O) groups is 3. The van der Waals surface area contributed by atoms with E-state index in [1.165, 1.54) is 21.0 Å². The molecule has 1 aliphatic heterocycles. The maximum absolute atomic E-state index is 12.8. The van der Waals surface area contributed by atoms with Crippen molar-refractivity contribution in [2.45, 2.75) is 81.6 Å². The molecule has 10 nitrogen and oxygen atoms in total. The van der Waals surface area contributed by atoms with Crippen LogP contribution in [0, 0.1) is 0 Å². The smallest absolute Gasteiger partial charge is 0.337 e. The Hall–Kier alpha value is -2.01. The van der Waals surface area contributed by atoms with Crippen LogP contribution < -0.4 is 0 Å². The molecule has 0 radical (unpaired) electrons. The number of hydrogen-bond donors (Lipinski definition) is 3. The zero-order chi connectivity index (χ0) is 22.7. The Morgan fingerprint density at radius 3 is 2.33 bits per heavy atom. The lowest BCUT2D eigenvalue weighted by molar-refractivity contribution is -0.322. The van der Waals surface area contributed by atoms with Gasteiger partial charge in [-0.3, -0.25) is 9.59 Å². The Morgan fingerprint density at radius 2 is 1.80 bits per heavy atom. The van der Waals surface area contributed by atoms with Crippen LogP contribution >= 0.6 is 0 Å². The van der Waals surface area contributed by atoms with Crippen molar-refractivity contribution < 1.29 is 48.7 Å². The first-order valence-corrected chi connectivity index (χ1v) is 9.71. The molecule has 30 heavy (non-hydrogen) atoms. The lowest BCUT2D eigenvalue weighted by Gasteiger charge is -2.63. The van der Waals surface area contributed by atoms with Gasteiger partial charge in [-0.1, -0.05) is 0 Å². The summed E-state index contributed by atoms with van der Waals surface area (Å²) in [6.07, 6.45) is -3.38. The maximum Gasteiger partial charge on any atom is 0.337 e. The van der Waals surface area contributed by atoms with Crippen LogP contribution in [0.3, 0.4) is 0 Å². The summed E-state index contributed by atoms with van der Waals surface area (Å²) in [5.74, 6) is -2.29. The molecule has 3 aliphatic rings. The first-order valence-electron chi connectivity index (χ1n) is 9.71. The first-order chi connectivity index (χ1) is 13.8. The van der Waals surface area contributed by atoms with E-state index in [9.17, 15) is 29.7 Å². The summed E-state index contributed by atoms with van der Waals surface area (Å²) in [7, 11) is 1.35. The van der Waals surface area contributed by atoms with Crippen molar-refractivity contribution in [1.29, 1.82) is 0 Å². The predicted octanol–water partition coefficient (Wildman–Crippen LogP) is -0.481. The molecular formula is C20H28O10. The zero-order valence-electron chi connectivity index (χ0n) is 17.7. The normalized spacial score (nSPS) is 42.9. The van der Waals surface area contributed by atoms with E-state index in [0.29, 0.717) is 0 Å². The van der Waals surface area contributed by atoms with Crippen molar-refractivity contribution in [2.24, 2.45) is 0 Å². The highest BCUT2D eigenvalue weighted by atomic mass is 16.6. The van der Waals surface area contributed by atoms with E-state index < -0.39 is 52.5 Å². The molecule has 0 unspecified atom stereocenters. The molecule has 1 heterocycles. The van der Waals surface area contributed by atoms with E-state index in [0.717, 1.165) is 13.8 Å². The van der Waals surface area contributed by atoms with Gasteiger partial charge in [0.15, 0.2) is 11.2 Å². The molecule has 3 N–H and O–H groups in total. The van der Waals surface area contributed by atoms with Crippen molar-refractivity contribution in [2.75, 3.05) is 13.7 Å². The van der Waals surface area contributed by atoms with Gasteiger partial charge in [0.1, 0.15) is 17.8 Å². The van der Waals surface area contributed by atoms with Gasteiger partial charge in [0.2, 0.25) is 0 Å². The molecule has 3 rings (SSSR count). The zero-order valence-corrected chi connectivity index (χ0v) is 17.7. The summed E-state index contributed by atoms with van der Waals surface area (Å²) in [5.41, 5.74) is -7.78. The number of ether oxygens (including phenoxy) is 4. The van der Waals surface area contributed by atoms with Gasteiger partial charge < -0.3 is 34.3 Å². The van der Waals surface area contributed by atoms with Gasteiger partial charge in [-0.2, -0.15) is 0 Å². The molecule has 2 fully saturated rings. The van der Waals surface area contributed by atoms with Crippen molar-refractivity contribution >= 4 is 17.9 Å². The van der Waals surface area contributed by atoms with Crippen molar-refractivity contribution in [3.05, 3.63) is 11.1 Å². The van der Waals surface area contributed by atoms with E-state index in [1.807, 2.05) is 0 Å². The van der Waals surface area contributed by atoms with Crippen LogP contribution in [0.1, 0.15) is 47.0 Å². The number of methoxy groups -OCH3 is 1. The second-order valence-electron chi connectivity index (χ2n) is 8.70. The second kappa shape index (κ2) is 7.01. The Bertz CT molecular complexity index is 816. The number of carbonyl (C=O) groups excluding carboxylic acids is 3. The largest absolute Gasteiger partial charge is 0.458 e. The summed E-state index contributed by atoms with van der Waals surface area (Å²) < 4.78 is 21.7. The highest BCUT2D eigenvalue weighted by molar-refractivity contribution is 5.95. The highest BCUT2D eigenvalue weighted by Crippen LogP contribution is 2.62.